The molecule has 0 aliphatic rings. The van der Waals surface area contributed by atoms with Crippen LogP contribution in [0, 0.1) is 0 Å². The first-order valence-electron chi connectivity index (χ1n) is 8.82. The first-order chi connectivity index (χ1) is 14.0. The molecule has 3 aromatic rings. The standard InChI is InChI=1S/C22H20N2O5/c1-24(22(27)29-14-15-6-4-3-5-7-15)17-10-8-16(9-11-17)19-12-18(28-2)13-20(23-19)21(25)26/h3-13H,14H2,1-2H3,(H,25,26). The molecule has 0 aliphatic heterocycles. The molecule has 0 saturated heterocycles. The largest absolute Gasteiger partial charge is 0.497 e. The highest BCUT2D eigenvalue weighted by Gasteiger charge is 2.14. The second-order valence-corrected chi connectivity index (χ2v) is 6.23. The van der Waals surface area contributed by atoms with Gasteiger partial charge in [-0.2, -0.15) is 0 Å². The summed E-state index contributed by atoms with van der Waals surface area (Å²) in [4.78, 5) is 29.1. The van der Waals surface area contributed by atoms with Crippen LogP contribution in [0.4, 0.5) is 10.5 Å². The molecule has 29 heavy (non-hydrogen) atoms. The zero-order valence-corrected chi connectivity index (χ0v) is 16.0. The molecule has 148 valence electrons. The maximum absolute atomic E-state index is 12.3. The number of nitrogens with zero attached hydrogens (tertiary/aromatic N) is 2. The fourth-order valence-electron chi connectivity index (χ4n) is 2.66. The molecule has 0 bridgehead atoms. The third kappa shape index (κ3) is 4.90. The van der Waals surface area contributed by atoms with Gasteiger partial charge in [-0.1, -0.05) is 42.5 Å². The zero-order valence-electron chi connectivity index (χ0n) is 16.0. The number of hydrogen-bond donors (Lipinski definition) is 1. The van der Waals surface area contributed by atoms with Gasteiger partial charge in [0.2, 0.25) is 0 Å². The van der Waals surface area contributed by atoms with Crippen LogP contribution >= 0.6 is 0 Å². The summed E-state index contributed by atoms with van der Waals surface area (Å²) >= 11 is 0. The van der Waals surface area contributed by atoms with E-state index in [1.54, 1.807) is 37.4 Å². The van der Waals surface area contributed by atoms with E-state index in [2.05, 4.69) is 4.98 Å². The number of pyridine rings is 1. The number of benzene rings is 2. The van der Waals surface area contributed by atoms with Gasteiger partial charge < -0.3 is 14.6 Å². The summed E-state index contributed by atoms with van der Waals surface area (Å²) in [5.41, 5.74) is 2.59. The van der Waals surface area contributed by atoms with Gasteiger partial charge in [-0.15, -0.1) is 0 Å². The smallest absolute Gasteiger partial charge is 0.414 e. The van der Waals surface area contributed by atoms with Crippen molar-refractivity contribution in [3.8, 4) is 17.0 Å². The molecular formula is C22H20N2O5. The minimum Gasteiger partial charge on any atom is -0.497 e. The number of carboxylic acids is 1. The van der Waals surface area contributed by atoms with Crippen LogP contribution in [-0.2, 0) is 11.3 Å². The highest BCUT2D eigenvalue weighted by atomic mass is 16.6. The van der Waals surface area contributed by atoms with E-state index in [0.717, 1.165) is 5.56 Å². The number of aromatic nitrogens is 1. The van der Waals surface area contributed by atoms with Crippen LogP contribution in [0.1, 0.15) is 16.1 Å². The predicted molar refractivity (Wildman–Crippen MR) is 108 cm³/mol. The van der Waals surface area contributed by atoms with Crippen LogP contribution in [0.5, 0.6) is 5.75 Å². The molecule has 7 nitrogen and oxygen atoms in total. The van der Waals surface area contributed by atoms with E-state index in [9.17, 15) is 14.7 Å². The summed E-state index contributed by atoms with van der Waals surface area (Å²) in [6.45, 7) is 0.188. The molecule has 3 rings (SSSR count). The number of methoxy groups -OCH3 is 1. The van der Waals surface area contributed by atoms with Crippen molar-refractivity contribution >= 4 is 17.7 Å². The number of carbonyl (C=O) groups excluding carboxylic acids is 1. The average Bonchev–Trinajstić information content (AvgIpc) is 2.77. The minimum absolute atomic E-state index is 0.106. The number of amides is 1. The number of ether oxygens (including phenoxy) is 2. The van der Waals surface area contributed by atoms with Crippen molar-refractivity contribution in [3.05, 3.63) is 78.0 Å². The second kappa shape index (κ2) is 8.88. The highest BCUT2D eigenvalue weighted by molar-refractivity contribution is 5.88. The minimum atomic E-state index is -1.14. The maximum atomic E-state index is 12.3. The van der Waals surface area contributed by atoms with Crippen LogP contribution in [0.3, 0.4) is 0 Å². The van der Waals surface area contributed by atoms with Crippen molar-refractivity contribution in [1.82, 2.24) is 4.98 Å². The molecule has 0 radical (unpaired) electrons. The molecule has 0 saturated carbocycles. The lowest BCUT2D eigenvalue weighted by Gasteiger charge is -2.17. The van der Waals surface area contributed by atoms with E-state index >= 15 is 0 Å². The van der Waals surface area contributed by atoms with Gasteiger partial charge in [0.15, 0.2) is 5.69 Å². The third-order valence-corrected chi connectivity index (χ3v) is 4.28. The lowest BCUT2D eigenvalue weighted by molar-refractivity contribution is 0.0690. The van der Waals surface area contributed by atoms with Crippen molar-refractivity contribution in [1.29, 1.82) is 0 Å². The summed E-state index contributed by atoms with van der Waals surface area (Å²) in [6, 6.07) is 19.4. The molecule has 1 N–H and O–H groups in total. The molecule has 0 fully saturated rings. The van der Waals surface area contributed by atoms with Crippen molar-refractivity contribution in [2.75, 3.05) is 19.1 Å². The molecule has 2 aromatic carbocycles. The Kier molecular flexibility index (Phi) is 6.09. The summed E-state index contributed by atoms with van der Waals surface area (Å²) < 4.78 is 10.5. The molecule has 1 heterocycles. The Hall–Kier alpha value is -3.87. The van der Waals surface area contributed by atoms with E-state index in [4.69, 9.17) is 9.47 Å². The van der Waals surface area contributed by atoms with E-state index in [0.29, 0.717) is 22.7 Å². The summed E-state index contributed by atoms with van der Waals surface area (Å²) in [5.74, 6) is -0.735. The third-order valence-electron chi connectivity index (χ3n) is 4.28. The van der Waals surface area contributed by atoms with Gasteiger partial charge in [0, 0.05) is 30.4 Å². The predicted octanol–water partition coefficient (Wildman–Crippen LogP) is 4.23. The normalized spacial score (nSPS) is 10.3. The fourth-order valence-corrected chi connectivity index (χ4v) is 2.66. The fraction of sp³-hybridized carbons (Fsp3) is 0.136. The van der Waals surface area contributed by atoms with Crippen LogP contribution in [0.25, 0.3) is 11.3 Å². The van der Waals surface area contributed by atoms with Gasteiger partial charge >= 0.3 is 12.1 Å². The number of carboxylic acid groups (broad SMARTS) is 1. The van der Waals surface area contributed by atoms with Gasteiger partial charge in [-0.05, 0) is 17.7 Å². The quantitative estimate of drug-likeness (QED) is 0.675. The molecule has 1 amide bonds. The van der Waals surface area contributed by atoms with Crippen molar-refractivity contribution in [2.45, 2.75) is 6.61 Å². The summed E-state index contributed by atoms with van der Waals surface area (Å²) in [6.07, 6.45) is -0.478. The van der Waals surface area contributed by atoms with Crippen LogP contribution < -0.4 is 9.64 Å². The number of carbonyl (C=O) groups is 2. The average molecular weight is 392 g/mol. The van der Waals surface area contributed by atoms with Crippen LogP contribution in [0.2, 0.25) is 0 Å². The molecular weight excluding hydrogens is 372 g/mol. The van der Waals surface area contributed by atoms with Gasteiger partial charge in [0.1, 0.15) is 12.4 Å². The SMILES string of the molecule is COc1cc(C(=O)O)nc(-c2ccc(N(C)C(=O)OCc3ccccc3)cc2)c1. The highest BCUT2D eigenvalue weighted by Crippen LogP contribution is 2.25. The van der Waals surface area contributed by atoms with E-state index in [1.165, 1.54) is 18.1 Å². The molecule has 0 atom stereocenters. The molecule has 0 unspecified atom stereocenters. The number of hydrogen-bond acceptors (Lipinski definition) is 5. The van der Waals surface area contributed by atoms with E-state index in [-0.39, 0.29) is 12.3 Å². The van der Waals surface area contributed by atoms with Gasteiger partial charge in [-0.25, -0.2) is 14.6 Å². The van der Waals surface area contributed by atoms with E-state index in [1.807, 2.05) is 30.3 Å². The van der Waals surface area contributed by atoms with Gasteiger partial charge in [0.05, 0.1) is 12.8 Å². The number of rotatable bonds is 6. The summed E-state index contributed by atoms with van der Waals surface area (Å²) in [5, 5.41) is 9.21. The van der Waals surface area contributed by atoms with Gasteiger partial charge in [0.25, 0.3) is 0 Å². The molecule has 0 spiro atoms. The Morgan fingerprint density at radius 1 is 1.03 bits per heavy atom. The Balaban J connectivity index is 1.73. The van der Waals surface area contributed by atoms with Crippen molar-refractivity contribution < 1.29 is 24.2 Å². The van der Waals surface area contributed by atoms with Crippen molar-refractivity contribution in [3.63, 3.8) is 0 Å². The maximum Gasteiger partial charge on any atom is 0.414 e. The first kappa shape index (κ1) is 19.9. The Labute approximate surface area is 168 Å². The molecule has 0 aliphatic carbocycles. The summed E-state index contributed by atoms with van der Waals surface area (Å²) in [7, 11) is 3.08. The van der Waals surface area contributed by atoms with E-state index < -0.39 is 12.1 Å². The van der Waals surface area contributed by atoms with Crippen LogP contribution in [-0.4, -0.2) is 36.3 Å². The van der Waals surface area contributed by atoms with Crippen molar-refractivity contribution in [2.24, 2.45) is 0 Å². The Morgan fingerprint density at radius 2 is 1.72 bits per heavy atom. The van der Waals surface area contributed by atoms with Crippen LogP contribution in [0.15, 0.2) is 66.7 Å². The number of anilines is 1. The molecule has 7 heteroatoms. The van der Waals surface area contributed by atoms with Gasteiger partial charge in [-0.3, -0.25) is 4.90 Å². The lowest BCUT2D eigenvalue weighted by atomic mass is 10.1. The zero-order chi connectivity index (χ0) is 20.8. The first-order valence-corrected chi connectivity index (χ1v) is 8.82. The topological polar surface area (TPSA) is 89.0 Å². The molecule has 1 aromatic heterocycles. The second-order valence-electron chi connectivity index (χ2n) is 6.23. The Bertz CT molecular complexity index is 1000. The number of aromatic carboxylic acids is 1. The Morgan fingerprint density at radius 3 is 2.34 bits per heavy atom. The lowest BCUT2D eigenvalue weighted by Crippen LogP contribution is -2.26. The monoisotopic (exact) mass is 392 g/mol.